The van der Waals surface area contributed by atoms with Crippen molar-refractivity contribution in [3.63, 3.8) is 0 Å². The number of carbonyl (C=O) groups is 1. The summed E-state index contributed by atoms with van der Waals surface area (Å²) in [5.41, 5.74) is 1.59. The number of aromatic nitrogens is 5. The van der Waals surface area contributed by atoms with Crippen molar-refractivity contribution in [2.24, 2.45) is 0 Å². The number of pyridine rings is 1. The van der Waals surface area contributed by atoms with E-state index in [1.165, 1.54) is 0 Å². The largest absolute Gasteiger partial charge is 0.350 e. The van der Waals surface area contributed by atoms with E-state index in [0.29, 0.717) is 24.6 Å². The number of tetrazole rings is 1. The van der Waals surface area contributed by atoms with Gasteiger partial charge in [0.1, 0.15) is 0 Å². The van der Waals surface area contributed by atoms with Gasteiger partial charge in [-0.2, -0.15) is 4.68 Å². The fourth-order valence-corrected chi connectivity index (χ4v) is 3.11. The van der Waals surface area contributed by atoms with Gasteiger partial charge < -0.3 is 10.2 Å². The molecule has 1 amide bonds. The second kappa shape index (κ2) is 7.30. The number of para-hydroxylation sites is 1. The van der Waals surface area contributed by atoms with Crippen LogP contribution in [0.1, 0.15) is 23.2 Å². The molecule has 1 saturated heterocycles. The Morgan fingerprint density at radius 2 is 1.77 bits per heavy atom. The Labute approximate surface area is 150 Å². The van der Waals surface area contributed by atoms with Crippen molar-refractivity contribution < 1.29 is 4.79 Å². The lowest BCUT2D eigenvalue weighted by molar-refractivity contribution is 0.0718. The van der Waals surface area contributed by atoms with Crippen molar-refractivity contribution in [1.29, 1.82) is 0 Å². The first-order chi connectivity index (χ1) is 12.8. The Morgan fingerprint density at radius 1 is 1.04 bits per heavy atom. The van der Waals surface area contributed by atoms with Crippen LogP contribution in [-0.2, 0) is 0 Å². The van der Waals surface area contributed by atoms with Crippen LogP contribution in [0.15, 0.2) is 54.9 Å². The van der Waals surface area contributed by atoms with E-state index in [4.69, 9.17) is 0 Å². The number of nitrogens with one attached hydrogen (secondary N) is 1. The minimum atomic E-state index is 0.0555. The molecule has 0 unspecified atom stereocenters. The Hall–Kier alpha value is -3.29. The Morgan fingerprint density at radius 3 is 2.50 bits per heavy atom. The number of anilines is 1. The van der Waals surface area contributed by atoms with Gasteiger partial charge in [0.2, 0.25) is 5.95 Å². The van der Waals surface area contributed by atoms with Gasteiger partial charge in [-0.05, 0) is 47.5 Å². The molecule has 1 aliphatic heterocycles. The van der Waals surface area contributed by atoms with Crippen molar-refractivity contribution in [1.82, 2.24) is 30.1 Å². The number of rotatable bonds is 4. The third-order valence-electron chi connectivity index (χ3n) is 4.51. The van der Waals surface area contributed by atoms with Crippen LogP contribution in [0.25, 0.3) is 5.69 Å². The molecule has 132 valence electrons. The number of carbonyl (C=O) groups excluding carboxylic acids is 1. The third-order valence-corrected chi connectivity index (χ3v) is 4.51. The van der Waals surface area contributed by atoms with Crippen molar-refractivity contribution >= 4 is 11.9 Å². The summed E-state index contributed by atoms with van der Waals surface area (Å²) < 4.78 is 1.69. The molecule has 3 aromatic rings. The molecule has 0 radical (unpaired) electrons. The first kappa shape index (κ1) is 16.2. The van der Waals surface area contributed by atoms with E-state index >= 15 is 0 Å². The minimum absolute atomic E-state index is 0.0555. The van der Waals surface area contributed by atoms with Crippen LogP contribution in [-0.4, -0.2) is 55.1 Å². The summed E-state index contributed by atoms with van der Waals surface area (Å²) in [4.78, 5) is 18.3. The molecule has 0 spiro atoms. The maximum atomic E-state index is 12.5. The summed E-state index contributed by atoms with van der Waals surface area (Å²) in [5, 5.41) is 15.3. The average molecular weight is 349 g/mol. The smallest absolute Gasteiger partial charge is 0.253 e. The molecule has 4 rings (SSSR count). The van der Waals surface area contributed by atoms with Crippen LogP contribution >= 0.6 is 0 Å². The second-order valence-corrected chi connectivity index (χ2v) is 6.20. The first-order valence-corrected chi connectivity index (χ1v) is 8.61. The third kappa shape index (κ3) is 3.39. The van der Waals surface area contributed by atoms with Crippen LogP contribution in [0.5, 0.6) is 0 Å². The van der Waals surface area contributed by atoms with Gasteiger partial charge in [0, 0.05) is 37.1 Å². The van der Waals surface area contributed by atoms with Gasteiger partial charge >= 0.3 is 0 Å². The van der Waals surface area contributed by atoms with E-state index < -0.39 is 0 Å². The highest BCUT2D eigenvalue weighted by Gasteiger charge is 2.24. The van der Waals surface area contributed by atoms with Crippen LogP contribution in [0.3, 0.4) is 0 Å². The lowest BCUT2D eigenvalue weighted by Crippen LogP contribution is -2.42. The van der Waals surface area contributed by atoms with Gasteiger partial charge in [0.05, 0.1) is 5.69 Å². The number of amides is 1. The maximum absolute atomic E-state index is 12.5. The zero-order valence-corrected chi connectivity index (χ0v) is 14.2. The molecule has 0 bridgehead atoms. The highest BCUT2D eigenvalue weighted by molar-refractivity contribution is 5.94. The molecule has 2 aromatic heterocycles. The molecule has 1 aromatic carbocycles. The Balaban J connectivity index is 1.38. The maximum Gasteiger partial charge on any atom is 0.253 e. The van der Waals surface area contributed by atoms with E-state index in [-0.39, 0.29) is 11.9 Å². The van der Waals surface area contributed by atoms with Gasteiger partial charge in [-0.1, -0.05) is 23.3 Å². The molecule has 8 nitrogen and oxygen atoms in total. The van der Waals surface area contributed by atoms with E-state index in [1.807, 2.05) is 35.2 Å². The van der Waals surface area contributed by atoms with Gasteiger partial charge in [-0.15, -0.1) is 0 Å². The van der Waals surface area contributed by atoms with E-state index in [2.05, 4.69) is 25.8 Å². The first-order valence-electron chi connectivity index (χ1n) is 8.61. The monoisotopic (exact) mass is 349 g/mol. The molecule has 1 aliphatic rings. The highest BCUT2D eigenvalue weighted by atomic mass is 16.2. The Kier molecular flexibility index (Phi) is 4.55. The van der Waals surface area contributed by atoms with Gasteiger partial charge in [0.15, 0.2) is 0 Å². The van der Waals surface area contributed by atoms with Crippen LogP contribution in [0, 0.1) is 0 Å². The number of piperidine rings is 1. The standard InChI is InChI=1S/C18H19N7O/c26-17(14-6-10-19-11-7-14)24-12-8-15(9-13-24)20-18-21-22-23-25(18)16-4-2-1-3-5-16/h1-7,10-11,15H,8-9,12-13H2,(H,20,21,23). The van der Waals surface area contributed by atoms with Crippen LogP contribution < -0.4 is 5.32 Å². The summed E-state index contributed by atoms with van der Waals surface area (Å²) in [6, 6.07) is 13.5. The fourth-order valence-electron chi connectivity index (χ4n) is 3.11. The number of likely N-dealkylation sites (tertiary alicyclic amines) is 1. The quantitative estimate of drug-likeness (QED) is 0.772. The number of nitrogens with zero attached hydrogens (tertiary/aromatic N) is 6. The summed E-state index contributed by atoms with van der Waals surface area (Å²) in [7, 11) is 0. The second-order valence-electron chi connectivity index (χ2n) is 6.20. The van der Waals surface area contributed by atoms with Gasteiger partial charge in [-0.25, -0.2) is 0 Å². The lowest BCUT2D eigenvalue weighted by atomic mass is 10.0. The fraction of sp³-hybridized carbons (Fsp3) is 0.278. The molecule has 3 heterocycles. The van der Waals surface area contributed by atoms with Gasteiger partial charge in [0.25, 0.3) is 5.91 Å². The Bertz CT molecular complexity index is 858. The van der Waals surface area contributed by atoms with Crippen molar-refractivity contribution in [2.75, 3.05) is 18.4 Å². The molecule has 0 atom stereocenters. The minimum Gasteiger partial charge on any atom is -0.350 e. The van der Waals surface area contributed by atoms with Crippen LogP contribution in [0.2, 0.25) is 0 Å². The highest BCUT2D eigenvalue weighted by Crippen LogP contribution is 2.18. The SMILES string of the molecule is O=C(c1ccncc1)N1CCC(Nc2nnnn2-c2ccccc2)CC1. The summed E-state index contributed by atoms with van der Waals surface area (Å²) in [5.74, 6) is 0.676. The number of hydrogen-bond acceptors (Lipinski definition) is 6. The van der Waals surface area contributed by atoms with E-state index in [9.17, 15) is 4.79 Å². The predicted octanol–water partition coefficient (Wildman–Crippen LogP) is 1.77. The number of hydrogen-bond donors (Lipinski definition) is 1. The van der Waals surface area contributed by atoms with Crippen LogP contribution in [0.4, 0.5) is 5.95 Å². The molecule has 8 heteroatoms. The average Bonchev–Trinajstić information content (AvgIpc) is 3.17. The van der Waals surface area contributed by atoms with Crippen molar-refractivity contribution in [3.8, 4) is 5.69 Å². The molecular weight excluding hydrogens is 330 g/mol. The molecule has 26 heavy (non-hydrogen) atoms. The summed E-state index contributed by atoms with van der Waals surface area (Å²) in [6.07, 6.45) is 4.98. The summed E-state index contributed by atoms with van der Waals surface area (Å²) in [6.45, 7) is 1.40. The summed E-state index contributed by atoms with van der Waals surface area (Å²) >= 11 is 0. The molecule has 1 N–H and O–H groups in total. The predicted molar refractivity (Wildman–Crippen MR) is 95.9 cm³/mol. The van der Waals surface area contributed by atoms with Gasteiger partial charge in [-0.3, -0.25) is 9.78 Å². The normalized spacial score (nSPS) is 15.0. The topological polar surface area (TPSA) is 88.8 Å². The van der Waals surface area contributed by atoms with E-state index in [1.54, 1.807) is 29.2 Å². The zero-order valence-electron chi connectivity index (χ0n) is 14.2. The van der Waals surface area contributed by atoms with Crippen molar-refractivity contribution in [3.05, 3.63) is 60.4 Å². The van der Waals surface area contributed by atoms with E-state index in [0.717, 1.165) is 18.5 Å². The van der Waals surface area contributed by atoms with Crippen molar-refractivity contribution in [2.45, 2.75) is 18.9 Å². The molecule has 0 aliphatic carbocycles. The molecule has 1 fully saturated rings. The molecular formula is C18H19N7O. The molecule has 0 saturated carbocycles. The lowest BCUT2D eigenvalue weighted by Gasteiger charge is -2.32. The number of benzene rings is 1. The zero-order chi connectivity index (χ0) is 17.8.